The SMILES string of the molecule is C[C@H](NS(=O)(=O)c1ccc(Cl)cc1)C(=O)NC(C#N)c1ccc(F)cc1F. The predicted molar refractivity (Wildman–Crippen MR) is 94.1 cm³/mol. The highest BCUT2D eigenvalue weighted by Gasteiger charge is 2.25. The van der Waals surface area contributed by atoms with E-state index in [0.29, 0.717) is 11.1 Å². The summed E-state index contributed by atoms with van der Waals surface area (Å²) in [7, 11) is -4.02. The summed E-state index contributed by atoms with van der Waals surface area (Å²) < 4.78 is 53.5. The van der Waals surface area contributed by atoms with Crippen LogP contribution < -0.4 is 10.0 Å². The zero-order valence-corrected chi connectivity index (χ0v) is 15.5. The van der Waals surface area contributed by atoms with Gasteiger partial charge in [0, 0.05) is 16.7 Å². The van der Waals surface area contributed by atoms with Crippen molar-refractivity contribution in [2.75, 3.05) is 0 Å². The van der Waals surface area contributed by atoms with Crippen LogP contribution >= 0.6 is 11.6 Å². The van der Waals surface area contributed by atoms with Crippen molar-refractivity contribution in [1.29, 1.82) is 5.26 Å². The number of carbonyl (C=O) groups excluding carboxylic acids is 1. The van der Waals surface area contributed by atoms with Crippen LogP contribution in [0.3, 0.4) is 0 Å². The Morgan fingerprint density at radius 3 is 2.37 bits per heavy atom. The summed E-state index contributed by atoms with van der Waals surface area (Å²) in [4.78, 5) is 12.1. The highest BCUT2D eigenvalue weighted by molar-refractivity contribution is 7.89. The van der Waals surface area contributed by atoms with E-state index in [1.54, 1.807) is 6.07 Å². The van der Waals surface area contributed by atoms with Crippen molar-refractivity contribution in [3.05, 3.63) is 64.7 Å². The lowest BCUT2D eigenvalue weighted by atomic mass is 10.1. The number of hydrogen-bond donors (Lipinski definition) is 2. The topological polar surface area (TPSA) is 99.1 Å². The molecule has 0 spiro atoms. The van der Waals surface area contributed by atoms with Gasteiger partial charge >= 0.3 is 0 Å². The van der Waals surface area contributed by atoms with Crippen molar-refractivity contribution >= 4 is 27.5 Å². The van der Waals surface area contributed by atoms with Crippen LogP contribution in [0.15, 0.2) is 47.4 Å². The molecule has 0 aromatic heterocycles. The van der Waals surface area contributed by atoms with Gasteiger partial charge in [-0.3, -0.25) is 4.79 Å². The number of carbonyl (C=O) groups is 1. The van der Waals surface area contributed by atoms with Gasteiger partial charge in [-0.2, -0.15) is 9.98 Å². The summed E-state index contributed by atoms with van der Waals surface area (Å²) in [5.74, 6) is -2.69. The second kappa shape index (κ2) is 8.43. The molecule has 2 aromatic carbocycles. The Bertz CT molecular complexity index is 991. The van der Waals surface area contributed by atoms with Crippen molar-refractivity contribution in [2.24, 2.45) is 0 Å². The summed E-state index contributed by atoms with van der Waals surface area (Å²) in [6.45, 7) is 1.26. The van der Waals surface area contributed by atoms with Crippen molar-refractivity contribution in [3.63, 3.8) is 0 Å². The van der Waals surface area contributed by atoms with Gasteiger partial charge in [0.2, 0.25) is 15.9 Å². The van der Waals surface area contributed by atoms with Crippen LogP contribution in [-0.4, -0.2) is 20.4 Å². The largest absolute Gasteiger partial charge is 0.335 e. The molecule has 0 saturated carbocycles. The van der Waals surface area contributed by atoms with Gasteiger partial charge in [-0.15, -0.1) is 0 Å². The average molecular weight is 414 g/mol. The van der Waals surface area contributed by atoms with E-state index in [2.05, 4.69) is 10.0 Å². The number of nitriles is 1. The maximum absolute atomic E-state index is 13.8. The van der Waals surface area contributed by atoms with E-state index < -0.39 is 39.6 Å². The molecule has 10 heteroatoms. The molecule has 2 rings (SSSR count). The third-order valence-corrected chi connectivity index (χ3v) is 5.35. The van der Waals surface area contributed by atoms with Gasteiger partial charge in [0.1, 0.15) is 17.7 Å². The normalized spacial score (nSPS) is 13.4. The molecule has 6 nitrogen and oxygen atoms in total. The highest BCUT2D eigenvalue weighted by Crippen LogP contribution is 2.18. The minimum absolute atomic E-state index is 0.104. The van der Waals surface area contributed by atoms with Gasteiger partial charge < -0.3 is 5.32 Å². The Labute approximate surface area is 159 Å². The van der Waals surface area contributed by atoms with Gasteiger partial charge in [0.25, 0.3) is 0 Å². The van der Waals surface area contributed by atoms with Crippen LogP contribution in [0, 0.1) is 23.0 Å². The van der Waals surface area contributed by atoms with E-state index in [9.17, 15) is 22.0 Å². The van der Waals surface area contributed by atoms with Gasteiger partial charge in [0.05, 0.1) is 17.0 Å². The number of nitrogens with one attached hydrogen (secondary N) is 2. The number of sulfonamides is 1. The third kappa shape index (κ3) is 5.23. The zero-order chi connectivity index (χ0) is 20.2. The van der Waals surface area contributed by atoms with Gasteiger partial charge in [-0.1, -0.05) is 17.7 Å². The molecule has 2 N–H and O–H groups in total. The quantitative estimate of drug-likeness (QED) is 0.760. The molecule has 1 unspecified atom stereocenters. The van der Waals surface area contributed by atoms with Crippen LogP contribution in [0.2, 0.25) is 5.02 Å². The first kappa shape index (κ1) is 20.8. The lowest BCUT2D eigenvalue weighted by Gasteiger charge is -2.18. The van der Waals surface area contributed by atoms with Crippen LogP contribution in [0.5, 0.6) is 0 Å². The van der Waals surface area contributed by atoms with Crippen molar-refractivity contribution in [2.45, 2.75) is 23.9 Å². The molecule has 2 atom stereocenters. The predicted octanol–water partition coefficient (Wildman–Crippen LogP) is 2.67. The molecule has 0 aliphatic rings. The fourth-order valence-corrected chi connectivity index (χ4v) is 3.48. The summed E-state index contributed by atoms with van der Waals surface area (Å²) in [5, 5.41) is 11.7. The molecule has 142 valence electrons. The second-order valence-electron chi connectivity index (χ2n) is 5.53. The Balaban J connectivity index is 2.12. The molecule has 0 aliphatic carbocycles. The second-order valence-corrected chi connectivity index (χ2v) is 7.68. The van der Waals surface area contributed by atoms with Gasteiger partial charge in [-0.05, 0) is 37.3 Å². The van der Waals surface area contributed by atoms with Crippen molar-refractivity contribution in [3.8, 4) is 6.07 Å². The van der Waals surface area contributed by atoms with E-state index in [0.717, 1.165) is 12.1 Å². The lowest BCUT2D eigenvalue weighted by Crippen LogP contribution is -2.45. The zero-order valence-electron chi connectivity index (χ0n) is 13.9. The van der Waals surface area contributed by atoms with Crippen LogP contribution in [0.1, 0.15) is 18.5 Å². The maximum Gasteiger partial charge on any atom is 0.241 e. The Kier molecular flexibility index (Phi) is 6.49. The Hall–Kier alpha value is -2.54. The number of halogens is 3. The van der Waals surface area contributed by atoms with Crippen LogP contribution in [-0.2, 0) is 14.8 Å². The number of benzene rings is 2. The molecular weight excluding hydrogens is 400 g/mol. The highest BCUT2D eigenvalue weighted by atomic mass is 35.5. The van der Waals surface area contributed by atoms with Gasteiger partial charge in [-0.25, -0.2) is 17.2 Å². The van der Waals surface area contributed by atoms with Crippen LogP contribution in [0.4, 0.5) is 8.78 Å². The van der Waals surface area contributed by atoms with Gasteiger partial charge in [0.15, 0.2) is 0 Å². The van der Waals surface area contributed by atoms with E-state index in [-0.39, 0.29) is 10.5 Å². The van der Waals surface area contributed by atoms with Crippen molar-refractivity contribution < 1.29 is 22.0 Å². The smallest absolute Gasteiger partial charge is 0.241 e. The third-order valence-electron chi connectivity index (χ3n) is 3.54. The number of hydrogen-bond acceptors (Lipinski definition) is 4. The molecule has 1 amide bonds. The van der Waals surface area contributed by atoms with E-state index in [4.69, 9.17) is 16.9 Å². The number of rotatable bonds is 6. The standard InChI is InChI=1S/C17H14ClF2N3O3S/c1-10(23-27(25,26)13-5-2-11(18)3-6-13)17(24)22-16(9-21)14-7-4-12(19)8-15(14)20/h2-8,10,16,23H,1H3,(H,22,24)/t10-,16?/m0/s1. The van der Waals surface area contributed by atoms with Crippen molar-refractivity contribution in [1.82, 2.24) is 10.0 Å². The molecule has 0 aliphatic heterocycles. The first-order valence-electron chi connectivity index (χ1n) is 7.57. The summed E-state index contributed by atoms with van der Waals surface area (Å²) >= 11 is 5.71. The van der Waals surface area contributed by atoms with E-state index in [1.807, 2.05) is 0 Å². The molecule has 0 radical (unpaired) electrons. The Morgan fingerprint density at radius 1 is 1.19 bits per heavy atom. The molecule has 0 bridgehead atoms. The molecule has 0 saturated heterocycles. The maximum atomic E-state index is 13.8. The minimum Gasteiger partial charge on any atom is -0.335 e. The summed E-state index contributed by atoms with van der Waals surface area (Å²) in [5.41, 5.74) is -0.236. The molecule has 0 heterocycles. The first-order chi connectivity index (χ1) is 12.6. The molecular formula is C17H14ClF2N3O3S. The minimum atomic E-state index is -4.02. The molecule has 27 heavy (non-hydrogen) atoms. The summed E-state index contributed by atoms with van der Waals surface area (Å²) in [6.07, 6.45) is 0. The monoisotopic (exact) mass is 413 g/mol. The van der Waals surface area contributed by atoms with E-state index >= 15 is 0 Å². The number of amides is 1. The average Bonchev–Trinajstić information content (AvgIpc) is 2.60. The summed E-state index contributed by atoms with van der Waals surface area (Å²) in [6, 6.07) is 6.85. The number of nitrogens with zero attached hydrogens (tertiary/aromatic N) is 1. The Morgan fingerprint density at radius 2 is 1.81 bits per heavy atom. The fourth-order valence-electron chi connectivity index (χ4n) is 2.15. The van der Waals surface area contributed by atoms with E-state index in [1.165, 1.54) is 31.2 Å². The first-order valence-corrected chi connectivity index (χ1v) is 9.43. The lowest BCUT2D eigenvalue weighted by molar-refractivity contribution is -0.122. The fraction of sp³-hybridized carbons (Fsp3) is 0.176. The molecule has 0 fully saturated rings. The molecule has 2 aromatic rings. The van der Waals surface area contributed by atoms with Crippen LogP contribution in [0.25, 0.3) is 0 Å².